The molecule has 0 bridgehead atoms. The van der Waals surface area contributed by atoms with Crippen molar-refractivity contribution in [2.75, 3.05) is 26.8 Å². The number of aromatic nitrogens is 3. The summed E-state index contributed by atoms with van der Waals surface area (Å²) in [4.78, 5) is 4.17. The molecule has 0 unspecified atom stereocenters. The maximum atomic E-state index is 5.59. The van der Waals surface area contributed by atoms with Crippen molar-refractivity contribution in [2.24, 2.45) is 18.0 Å². The van der Waals surface area contributed by atoms with Crippen molar-refractivity contribution in [3.05, 3.63) is 12.2 Å². The molecule has 0 radical (unpaired) electrons. The molecule has 7 nitrogen and oxygen atoms in total. The van der Waals surface area contributed by atoms with Gasteiger partial charge in [0.1, 0.15) is 6.33 Å². The Kier molecular flexibility index (Phi) is 5.79. The molecule has 0 aromatic carbocycles. The Hall–Kier alpha value is -1.63. The van der Waals surface area contributed by atoms with E-state index in [-0.39, 0.29) is 0 Å². The number of guanidine groups is 1. The Balaban J connectivity index is 1.54. The van der Waals surface area contributed by atoms with E-state index < -0.39 is 0 Å². The zero-order valence-corrected chi connectivity index (χ0v) is 12.3. The van der Waals surface area contributed by atoms with Gasteiger partial charge in [-0.15, -0.1) is 10.2 Å². The first-order valence-electron chi connectivity index (χ1n) is 7.14. The highest BCUT2D eigenvalue weighted by Crippen LogP contribution is 2.28. The van der Waals surface area contributed by atoms with Crippen LogP contribution in [0, 0.1) is 5.92 Å². The van der Waals surface area contributed by atoms with Crippen LogP contribution in [0.3, 0.4) is 0 Å². The second-order valence-corrected chi connectivity index (χ2v) is 5.08. The van der Waals surface area contributed by atoms with Crippen LogP contribution in [0.4, 0.5) is 0 Å². The first-order chi connectivity index (χ1) is 9.79. The van der Waals surface area contributed by atoms with Crippen LogP contribution in [0.5, 0.6) is 0 Å². The third kappa shape index (κ3) is 5.16. The van der Waals surface area contributed by atoms with Crippen molar-refractivity contribution in [1.29, 1.82) is 0 Å². The van der Waals surface area contributed by atoms with Crippen molar-refractivity contribution in [1.82, 2.24) is 25.4 Å². The Labute approximate surface area is 119 Å². The maximum Gasteiger partial charge on any atom is 0.191 e. The summed E-state index contributed by atoms with van der Waals surface area (Å²) in [5.41, 5.74) is 0. The second-order valence-electron chi connectivity index (χ2n) is 5.08. The van der Waals surface area contributed by atoms with Crippen LogP contribution in [0.15, 0.2) is 11.3 Å². The number of rotatable bonds is 8. The van der Waals surface area contributed by atoms with Gasteiger partial charge in [-0.3, -0.25) is 4.99 Å². The van der Waals surface area contributed by atoms with Crippen LogP contribution < -0.4 is 10.6 Å². The largest absolute Gasteiger partial charge is 0.381 e. The van der Waals surface area contributed by atoms with Crippen LogP contribution in [0.1, 0.15) is 25.1 Å². The smallest absolute Gasteiger partial charge is 0.191 e. The molecule has 1 aliphatic rings. The molecule has 1 aromatic heterocycles. The molecule has 2 rings (SSSR count). The molecule has 0 atom stereocenters. The average molecular weight is 280 g/mol. The highest BCUT2D eigenvalue weighted by Gasteiger charge is 2.20. The van der Waals surface area contributed by atoms with Gasteiger partial charge in [0.05, 0.1) is 6.54 Å². The molecule has 1 aliphatic carbocycles. The number of hydrogen-bond acceptors (Lipinski definition) is 4. The van der Waals surface area contributed by atoms with Gasteiger partial charge in [0.2, 0.25) is 0 Å². The molecule has 2 N–H and O–H groups in total. The van der Waals surface area contributed by atoms with Gasteiger partial charge >= 0.3 is 0 Å². The van der Waals surface area contributed by atoms with E-state index in [0.717, 1.165) is 43.9 Å². The van der Waals surface area contributed by atoms with Crippen molar-refractivity contribution < 1.29 is 4.74 Å². The summed E-state index contributed by atoms with van der Waals surface area (Å²) in [6.07, 6.45) is 5.36. The van der Waals surface area contributed by atoms with Crippen molar-refractivity contribution in [3.8, 4) is 0 Å². The Morgan fingerprint density at radius 3 is 3.00 bits per heavy atom. The summed E-state index contributed by atoms with van der Waals surface area (Å²) in [5, 5.41) is 14.3. The number of nitrogens with zero attached hydrogens (tertiary/aromatic N) is 4. The van der Waals surface area contributed by atoms with E-state index in [1.54, 1.807) is 13.4 Å². The third-order valence-electron chi connectivity index (χ3n) is 3.25. The molecule has 7 heteroatoms. The van der Waals surface area contributed by atoms with E-state index >= 15 is 0 Å². The summed E-state index contributed by atoms with van der Waals surface area (Å²) >= 11 is 0. The van der Waals surface area contributed by atoms with Crippen LogP contribution >= 0.6 is 0 Å². The lowest BCUT2D eigenvalue weighted by atomic mass is 10.4. The molecule has 0 aliphatic heterocycles. The SMILES string of the molecule is CN=C(NCCCOCC1CC1)NCc1nncn1C. The van der Waals surface area contributed by atoms with Gasteiger partial charge in [-0.2, -0.15) is 0 Å². The Bertz CT molecular complexity index is 426. The van der Waals surface area contributed by atoms with Gasteiger partial charge < -0.3 is 19.9 Å². The summed E-state index contributed by atoms with van der Waals surface area (Å²) in [6.45, 7) is 3.19. The van der Waals surface area contributed by atoms with Gasteiger partial charge in [0.25, 0.3) is 0 Å². The van der Waals surface area contributed by atoms with Crippen LogP contribution in [-0.2, 0) is 18.3 Å². The number of aryl methyl sites for hydroxylation is 1. The molecular formula is C13H24N6O. The molecule has 112 valence electrons. The van der Waals surface area contributed by atoms with E-state index in [4.69, 9.17) is 4.74 Å². The van der Waals surface area contributed by atoms with E-state index in [0.29, 0.717) is 6.54 Å². The van der Waals surface area contributed by atoms with Crippen molar-refractivity contribution in [3.63, 3.8) is 0 Å². The highest BCUT2D eigenvalue weighted by atomic mass is 16.5. The predicted octanol–water partition coefficient (Wildman–Crippen LogP) is 0.297. The fourth-order valence-corrected chi connectivity index (χ4v) is 1.77. The van der Waals surface area contributed by atoms with E-state index in [9.17, 15) is 0 Å². The van der Waals surface area contributed by atoms with Crippen molar-refractivity contribution in [2.45, 2.75) is 25.8 Å². The lowest BCUT2D eigenvalue weighted by Gasteiger charge is -2.11. The maximum absolute atomic E-state index is 5.59. The average Bonchev–Trinajstić information content (AvgIpc) is 3.19. The zero-order chi connectivity index (χ0) is 14.2. The fraction of sp³-hybridized carbons (Fsp3) is 0.769. The molecule has 0 saturated heterocycles. The number of ether oxygens (including phenoxy) is 1. The standard InChI is InChI=1S/C13H24N6O/c1-14-13(16-8-12-18-17-10-19(12)2)15-6-3-7-20-9-11-4-5-11/h10-11H,3-9H2,1-2H3,(H2,14,15,16). The normalized spacial score (nSPS) is 15.4. The minimum absolute atomic E-state index is 0.606. The Morgan fingerprint density at radius 1 is 1.50 bits per heavy atom. The highest BCUT2D eigenvalue weighted by molar-refractivity contribution is 5.79. The van der Waals surface area contributed by atoms with Crippen LogP contribution in [-0.4, -0.2) is 47.5 Å². The summed E-state index contributed by atoms with van der Waals surface area (Å²) < 4.78 is 7.47. The molecular weight excluding hydrogens is 256 g/mol. The number of nitrogens with one attached hydrogen (secondary N) is 2. The lowest BCUT2D eigenvalue weighted by Crippen LogP contribution is -2.38. The molecule has 20 heavy (non-hydrogen) atoms. The predicted molar refractivity (Wildman–Crippen MR) is 77.4 cm³/mol. The summed E-state index contributed by atoms with van der Waals surface area (Å²) in [6, 6.07) is 0. The fourth-order valence-electron chi connectivity index (χ4n) is 1.77. The minimum atomic E-state index is 0.606. The first kappa shape index (κ1) is 14.8. The molecule has 1 saturated carbocycles. The molecule has 1 aromatic rings. The van der Waals surface area contributed by atoms with Gasteiger partial charge in [0.15, 0.2) is 11.8 Å². The van der Waals surface area contributed by atoms with Gasteiger partial charge in [0, 0.05) is 33.9 Å². The monoisotopic (exact) mass is 280 g/mol. The Morgan fingerprint density at radius 2 is 2.35 bits per heavy atom. The number of aliphatic imine (C=N–C) groups is 1. The molecule has 0 spiro atoms. The topological polar surface area (TPSA) is 76.4 Å². The first-order valence-corrected chi connectivity index (χ1v) is 7.14. The van der Waals surface area contributed by atoms with Gasteiger partial charge in [-0.1, -0.05) is 0 Å². The van der Waals surface area contributed by atoms with Gasteiger partial charge in [-0.25, -0.2) is 0 Å². The van der Waals surface area contributed by atoms with Gasteiger partial charge in [-0.05, 0) is 25.2 Å². The zero-order valence-electron chi connectivity index (χ0n) is 12.3. The minimum Gasteiger partial charge on any atom is -0.381 e. The lowest BCUT2D eigenvalue weighted by molar-refractivity contribution is 0.123. The van der Waals surface area contributed by atoms with Crippen LogP contribution in [0.25, 0.3) is 0 Å². The van der Waals surface area contributed by atoms with Crippen molar-refractivity contribution >= 4 is 5.96 Å². The van der Waals surface area contributed by atoms with E-state index in [1.807, 2.05) is 11.6 Å². The summed E-state index contributed by atoms with van der Waals surface area (Å²) in [5.74, 6) is 2.49. The quantitative estimate of drug-likeness (QED) is 0.407. The van der Waals surface area contributed by atoms with E-state index in [2.05, 4.69) is 25.8 Å². The molecule has 1 fully saturated rings. The van der Waals surface area contributed by atoms with E-state index in [1.165, 1.54) is 12.8 Å². The number of hydrogen-bond donors (Lipinski definition) is 2. The second kappa shape index (κ2) is 7.84. The molecule has 1 heterocycles. The van der Waals surface area contributed by atoms with Crippen LogP contribution in [0.2, 0.25) is 0 Å². The molecule has 0 amide bonds. The summed E-state index contributed by atoms with van der Waals surface area (Å²) in [7, 11) is 3.68. The third-order valence-corrected chi connectivity index (χ3v) is 3.25.